The smallest absolute Gasteiger partial charge is 0.311 e. The summed E-state index contributed by atoms with van der Waals surface area (Å²) in [5.74, 6) is -0.0688. The highest BCUT2D eigenvalue weighted by Crippen LogP contribution is 1.92. The number of carbonyl (C=O) groups is 1. The van der Waals surface area contributed by atoms with E-state index < -0.39 is 0 Å². The first-order valence-electron chi connectivity index (χ1n) is 6.68. The molecule has 2 N–H and O–H groups in total. The molecule has 0 saturated carbocycles. The van der Waals surface area contributed by atoms with E-state index in [0.717, 1.165) is 30.4 Å². The summed E-state index contributed by atoms with van der Waals surface area (Å²) in [4.78, 5) is 11.4. The predicted octanol–water partition coefficient (Wildman–Crippen LogP) is -5.61. The quantitative estimate of drug-likeness (QED) is 0.195. The van der Waals surface area contributed by atoms with Gasteiger partial charge in [-0.2, -0.15) is 0 Å². The normalized spacial score (nSPS) is 10.6. The molecule has 0 amide bonds. The molecule has 0 heterocycles. The van der Waals surface area contributed by atoms with Gasteiger partial charge in [0.2, 0.25) is 0 Å². The van der Waals surface area contributed by atoms with Crippen molar-refractivity contribution in [3.63, 3.8) is 0 Å². The van der Waals surface area contributed by atoms with Gasteiger partial charge < -0.3 is 62.5 Å². The first-order chi connectivity index (χ1) is 7.89. The predicted molar refractivity (Wildman–Crippen MR) is 69.6 cm³/mol. The molecule has 4 nitrogen and oxygen atoms in total. The molecule has 0 spiro atoms. The molecule has 19 heavy (non-hydrogen) atoms. The van der Waals surface area contributed by atoms with Gasteiger partial charge in [0.05, 0.1) is 40.2 Å². The third kappa shape index (κ3) is 16.8. The molecule has 0 bridgehead atoms. The minimum absolute atomic E-state index is 0. The van der Waals surface area contributed by atoms with E-state index in [2.05, 4.69) is 40.3 Å². The van der Waals surface area contributed by atoms with Crippen molar-refractivity contribution in [3.8, 4) is 0 Å². The van der Waals surface area contributed by atoms with E-state index in [4.69, 9.17) is 4.74 Å². The Morgan fingerprint density at radius 1 is 1.16 bits per heavy atom. The SMILES string of the molecule is CCC(CC)[NH2+]CCC(=O)OCC[N+](C)(C)C.[I-].[I-]. The molecule has 0 aliphatic rings. The standard InChI is InChI=1S/C13H29N2O2.2HI/c1-6-12(7-2)14-9-8-13(16)17-11-10-15(3,4)5;;/h12,14H,6-11H2,1-5H3;2*1H/q+1;;/p-1. The molecule has 0 aliphatic heterocycles. The van der Waals surface area contributed by atoms with Gasteiger partial charge in [-0.25, -0.2) is 0 Å². The molecule has 0 saturated heterocycles. The summed E-state index contributed by atoms with van der Waals surface area (Å²) in [5, 5.41) is 2.25. The van der Waals surface area contributed by atoms with Crippen molar-refractivity contribution in [3.05, 3.63) is 0 Å². The fourth-order valence-corrected chi connectivity index (χ4v) is 1.56. The number of likely N-dealkylation sites (N-methyl/N-ethyl adjacent to an activating group) is 1. The number of hydrogen-bond acceptors (Lipinski definition) is 2. The number of esters is 1. The van der Waals surface area contributed by atoms with Crippen LogP contribution in [0.5, 0.6) is 0 Å². The zero-order valence-electron chi connectivity index (χ0n) is 12.9. The molecule has 0 rings (SSSR count). The summed E-state index contributed by atoms with van der Waals surface area (Å²) in [6.45, 7) is 6.60. The molecule has 118 valence electrons. The van der Waals surface area contributed by atoms with E-state index in [-0.39, 0.29) is 53.9 Å². The van der Waals surface area contributed by atoms with Crippen molar-refractivity contribution >= 4 is 5.97 Å². The topological polar surface area (TPSA) is 42.9 Å². The lowest BCUT2D eigenvalue weighted by Gasteiger charge is -2.23. The number of quaternary nitrogens is 2. The Labute approximate surface area is 152 Å². The van der Waals surface area contributed by atoms with Gasteiger partial charge in [0.25, 0.3) is 0 Å². The van der Waals surface area contributed by atoms with Crippen LogP contribution in [0.25, 0.3) is 0 Å². The maximum Gasteiger partial charge on any atom is 0.311 e. The molecule has 0 aromatic rings. The second-order valence-corrected chi connectivity index (χ2v) is 5.59. The highest BCUT2D eigenvalue weighted by Gasteiger charge is 2.11. The fourth-order valence-electron chi connectivity index (χ4n) is 1.56. The number of hydrogen-bond donors (Lipinski definition) is 1. The molecule has 0 fully saturated rings. The van der Waals surface area contributed by atoms with Crippen molar-refractivity contribution < 1.29 is 67.3 Å². The molecule has 0 aliphatic carbocycles. The number of halogens is 2. The van der Waals surface area contributed by atoms with Crippen LogP contribution in [-0.2, 0) is 9.53 Å². The lowest BCUT2D eigenvalue weighted by molar-refractivity contribution is -0.870. The Hall–Kier alpha value is 0.850. The van der Waals surface area contributed by atoms with Crippen molar-refractivity contribution in [2.24, 2.45) is 0 Å². The van der Waals surface area contributed by atoms with E-state index in [1.165, 1.54) is 0 Å². The summed E-state index contributed by atoms with van der Waals surface area (Å²) in [7, 11) is 6.28. The van der Waals surface area contributed by atoms with Crippen LogP contribution in [0.3, 0.4) is 0 Å². The van der Waals surface area contributed by atoms with Gasteiger partial charge in [0.15, 0.2) is 0 Å². The first kappa shape index (κ1) is 24.8. The third-order valence-corrected chi connectivity index (χ3v) is 2.92. The Balaban J connectivity index is -0.00000128. The number of nitrogens with two attached hydrogens (primary N) is 1. The highest BCUT2D eigenvalue weighted by molar-refractivity contribution is 5.69. The summed E-state index contributed by atoms with van der Waals surface area (Å²) in [6, 6.07) is 0.647. The summed E-state index contributed by atoms with van der Waals surface area (Å²) in [5.41, 5.74) is 0. The highest BCUT2D eigenvalue weighted by atomic mass is 127. The molecule has 0 aromatic carbocycles. The van der Waals surface area contributed by atoms with E-state index in [1.807, 2.05) is 0 Å². The zero-order valence-corrected chi connectivity index (χ0v) is 17.2. The van der Waals surface area contributed by atoms with Crippen molar-refractivity contribution in [1.82, 2.24) is 0 Å². The van der Waals surface area contributed by atoms with Crippen LogP contribution in [-0.4, -0.2) is 57.3 Å². The molecular weight excluding hydrogens is 470 g/mol. The van der Waals surface area contributed by atoms with Gasteiger partial charge in [-0.3, -0.25) is 4.79 Å². The van der Waals surface area contributed by atoms with Crippen LogP contribution >= 0.6 is 0 Å². The molecule has 0 radical (unpaired) electrons. The van der Waals surface area contributed by atoms with E-state index in [0.29, 0.717) is 19.1 Å². The minimum Gasteiger partial charge on any atom is -1.00 e. The minimum atomic E-state index is -0.0688. The van der Waals surface area contributed by atoms with Crippen LogP contribution < -0.4 is 53.3 Å². The van der Waals surface area contributed by atoms with E-state index in [9.17, 15) is 4.79 Å². The maximum atomic E-state index is 11.4. The van der Waals surface area contributed by atoms with Crippen molar-refractivity contribution in [1.29, 1.82) is 0 Å². The Morgan fingerprint density at radius 3 is 2.11 bits per heavy atom. The molecule has 0 atom stereocenters. The lowest BCUT2D eigenvalue weighted by atomic mass is 10.2. The Bertz CT molecular complexity index is 217. The summed E-state index contributed by atoms with van der Waals surface area (Å²) < 4.78 is 6.02. The van der Waals surface area contributed by atoms with E-state index in [1.54, 1.807) is 0 Å². The first-order valence-corrected chi connectivity index (χ1v) is 6.68. The monoisotopic (exact) mass is 500 g/mol. The molecular formula is C13H30I2N2O2. The maximum absolute atomic E-state index is 11.4. The zero-order chi connectivity index (χ0) is 13.3. The summed E-state index contributed by atoms with van der Waals surface area (Å²) >= 11 is 0. The number of rotatable bonds is 9. The average molecular weight is 500 g/mol. The summed E-state index contributed by atoms with van der Waals surface area (Å²) in [6.07, 6.45) is 2.84. The van der Waals surface area contributed by atoms with Gasteiger partial charge in [-0.05, 0) is 12.8 Å². The average Bonchev–Trinajstić information content (AvgIpc) is 2.22. The van der Waals surface area contributed by atoms with Crippen molar-refractivity contribution in [2.75, 3.05) is 40.8 Å². The van der Waals surface area contributed by atoms with Gasteiger partial charge in [-0.15, -0.1) is 0 Å². The van der Waals surface area contributed by atoms with Crippen LogP contribution in [0.15, 0.2) is 0 Å². The molecule has 0 aromatic heterocycles. The Kier molecular flexibility index (Phi) is 18.1. The van der Waals surface area contributed by atoms with Crippen LogP contribution in [0, 0.1) is 0 Å². The van der Waals surface area contributed by atoms with Crippen LogP contribution in [0.4, 0.5) is 0 Å². The number of carbonyl (C=O) groups excluding carboxylic acids is 1. The van der Waals surface area contributed by atoms with E-state index >= 15 is 0 Å². The Morgan fingerprint density at radius 2 is 1.68 bits per heavy atom. The van der Waals surface area contributed by atoms with Gasteiger partial charge in [-0.1, -0.05) is 13.8 Å². The second-order valence-electron chi connectivity index (χ2n) is 5.59. The van der Waals surface area contributed by atoms with Gasteiger partial charge in [0, 0.05) is 0 Å². The lowest BCUT2D eigenvalue weighted by Crippen LogP contribution is -3.00. The van der Waals surface area contributed by atoms with Crippen molar-refractivity contribution in [2.45, 2.75) is 39.2 Å². The second kappa shape index (κ2) is 13.8. The number of nitrogens with zero attached hydrogens (tertiary/aromatic N) is 1. The number of ether oxygens (including phenoxy) is 1. The third-order valence-electron chi connectivity index (χ3n) is 2.92. The molecule has 0 unspecified atom stereocenters. The van der Waals surface area contributed by atoms with Crippen LogP contribution in [0.1, 0.15) is 33.1 Å². The van der Waals surface area contributed by atoms with Gasteiger partial charge >= 0.3 is 5.97 Å². The fraction of sp³-hybridized carbons (Fsp3) is 0.923. The van der Waals surface area contributed by atoms with Gasteiger partial charge in [0.1, 0.15) is 13.2 Å². The molecule has 6 heteroatoms. The largest absolute Gasteiger partial charge is 1.00 e. The van der Waals surface area contributed by atoms with Crippen LogP contribution in [0.2, 0.25) is 0 Å².